The zero-order chi connectivity index (χ0) is 19.1. The Balaban J connectivity index is 1.74. The van der Waals surface area contributed by atoms with Gasteiger partial charge in [0.2, 0.25) is 0 Å². The fourth-order valence-corrected chi connectivity index (χ4v) is 3.22. The highest BCUT2D eigenvalue weighted by Crippen LogP contribution is 2.21. The number of nitrogens with zero attached hydrogens (tertiary/aromatic N) is 2. The second-order valence-electron chi connectivity index (χ2n) is 6.83. The van der Waals surface area contributed by atoms with Crippen molar-refractivity contribution in [1.82, 2.24) is 9.88 Å². The van der Waals surface area contributed by atoms with Crippen molar-refractivity contribution in [2.75, 3.05) is 19.7 Å². The number of rotatable bonds is 1. The Bertz CT molecular complexity index is 738. The van der Waals surface area contributed by atoms with Gasteiger partial charge in [0.1, 0.15) is 18.5 Å². The van der Waals surface area contributed by atoms with Crippen LogP contribution in [0.4, 0.5) is 0 Å². The van der Waals surface area contributed by atoms with E-state index in [9.17, 15) is 15.0 Å². The van der Waals surface area contributed by atoms with Crippen LogP contribution < -0.4 is 4.74 Å². The molecular weight excluding hydrogens is 344 g/mol. The Morgan fingerprint density at radius 3 is 2.74 bits per heavy atom. The number of pyridine rings is 1. The number of para-hydroxylation sites is 1. The molecule has 0 aliphatic carbocycles. The van der Waals surface area contributed by atoms with Crippen molar-refractivity contribution < 1.29 is 19.7 Å². The monoisotopic (exact) mass is 370 g/mol. The Morgan fingerprint density at radius 2 is 1.93 bits per heavy atom. The van der Waals surface area contributed by atoms with E-state index >= 15 is 0 Å². The van der Waals surface area contributed by atoms with Gasteiger partial charge in [-0.15, -0.1) is 0 Å². The predicted molar refractivity (Wildman–Crippen MR) is 102 cm³/mol. The van der Waals surface area contributed by atoms with Crippen LogP contribution in [0.15, 0.2) is 48.8 Å². The zero-order valence-corrected chi connectivity index (χ0v) is 15.3. The number of aliphatic hydroxyl groups excluding tert-OH is 2. The molecule has 1 amide bonds. The van der Waals surface area contributed by atoms with Crippen molar-refractivity contribution in [3.8, 4) is 5.75 Å². The SMILES string of the molecule is O=C(c1cccnc1)N1CCCCc2ccccc2OC[C@@H](O)[C@@H](O)CC1. The number of amides is 1. The van der Waals surface area contributed by atoms with Gasteiger partial charge < -0.3 is 19.8 Å². The molecule has 1 aromatic heterocycles. The number of aryl methyl sites for hydroxylation is 1. The topological polar surface area (TPSA) is 82.9 Å². The number of hydrogen-bond acceptors (Lipinski definition) is 5. The molecule has 0 unspecified atom stereocenters. The quantitative estimate of drug-likeness (QED) is 0.803. The number of aromatic nitrogens is 1. The summed E-state index contributed by atoms with van der Waals surface area (Å²) in [6.45, 7) is 0.993. The summed E-state index contributed by atoms with van der Waals surface area (Å²) < 4.78 is 5.73. The minimum absolute atomic E-state index is 0.0226. The molecule has 2 heterocycles. The average molecular weight is 370 g/mol. The molecule has 2 atom stereocenters. The van der Waals surface area contributed by atoms with Gasteiger partial charge >= 0.3 is 0 Å². The van der Waals surface area contributed by atoms with Gasteiger partial charge in [-0.1, -0.05) is 18.2 Å². The van der Waals surface area contributed by atoms with E-state index in [4.69, 9.17) is 4.74 Å². The molecule has 2 N–H and O–H groups in total. The minimum atomic E-state index is -1.01. The Morgan fingerprint density at radius 1 is 1.07 bits per heavy atom. The van der Waals surface area contributed by atoms with Gasteiger partial charge in [-0.3, -0.25) is 9.78 Å². The summed E-state index contributed by atoms with van der Waals surface area (Å²) in [5.74, 6) is 0.641. The molecule has 0 bridgehead atoms. The van der Waals surface area contributed by atoms with E-state index < -0.39 is 12.2 Å². The van der Waals surface area contributed by atoms with Crippen LogP contribution in [0.1, 0.15) is 35.2 Å². The van der Waals surface area contributed by atoms with Crippen LogP contribution in [0.2, 0.25) is 0 Å². The highest BCUT2D eigenvalue weighted by atomic mass is 16.5. The fraction of sp³-hybridized carbons (Fsp3) is 0.429. The second kappa shape index (κ2) is 9.48. The summed E-state index contributed by atoms with van der Waals surface area (Å²) in [6.07, 6.45) is 4.12. The lowest BCUT2D eigenvalue weighted by molar-refractivity contribution is -0.0150. The minimum Gasteiger partial charge on any atom is -0.491 e. The van der Waals surface area contributed by atoms with Crippen LogP contribution in [0.3, 0.4) is 0 Å². The van der Waals surface area contributed by atoms with Crippen LogP contribution in [0.5, 0.6) is 5.75 Å². The number of carbonyl (C=O) groups is 1. The molecular formula is C21H26N2O4. The Hall–Kier alpha value is -2.44. The van der Waals surface area contributed by atoms with Crippen LogP contribution >= 0.6 is 0 Å². The lowest BCUT2D eigenvalue weighted by Gasteiger charge is -2.25. The number of benzene rings is 1. The molecule has 6 heteroatoms. The van der Waals surface area contributed by atoms with Gasteiger partial charge in [-0.25, -0.2) is 0 Å². The van der Waals surface area contributed by atoms with Gasteiger partial charge in [0.05, 0.1) is 11.7 Å². The standard InChI is InChI=1S/C21H26N2O4/c24-18-10-13-23(21(26)17-8-5-11-22-14-17)12-4-3-7-16-6-1-2-9-20(16)27-15-19(18)25/h1-2,5-6,8-9,11,14,18-19,24-25H,3-4,7,10,12-13,15H2/t18-,19+/m0/s1. The molecule has 1 aliphatic rings. The summed E-state index contributed by atoms with van der Waals surface area (Å²) in [5.41, 5.74) is 1.61. The molecule has 0 radical (unpaired) electrons. The smallest absolute Gasteiger partial charge is 0.255 e. The van der Waals surface area contributed by atoms with Crippen molar-refractivity contribution in [1.29, 1.82) is 0 Å². The van der Waals surface area contributed by atoms with E-state index in [0.717, 1.165) is 30.6 Å². The zero-order valence-electron chi connectivity index (χ0n) is 15.3. The molecule has 0 spiro atoms. The third kappa shape index (κ3) is 5.28. The first-order chi connectivity index (χ1) is 13.1. The largest absolute Gasteiger partial charge is 0.491 e. The van der Waals surface area contributed by atoms with Gasteiger partial charge in [0.15, 0.2) is 0 Å². The molecule has 1 aromatic carbocycles. The second-order valence-corrected chi connectivity index (χ2v) is 6.83. The van der Waals surface area contributed by atoms with Crippen molar-refractivity contribution in [2.45, 2.75) is 37.9 Å². The third-order valence-electron chi connectivity index (χ3n) is 4.84. The fourth-order valence-electron chi connectivity index (χ4n) is 3.22. The maximum atomic E-state index is 12.8. The molecule has 0 saturated carbocycles. The van der Waals surface area contributed by atoms with E-state index in [1.165, 1.54) is 0 Å². The van der Waals surface area contributed by atoms with E-state index in [1.807, 2.05) is 24.3 Å². The summed E-state index contributed by atoms with van der Waals surface area (Å²) in [4.78, 5) is 18.5. The molecule has 3 rings (SSSR count). The molecule has 0 saturated heterocycles. The first-order valence-electron chi connectivity index (χ1n) is 9.41. The van der Waals surface area contributed by atoms with Gasteiger partial charge in [-0.05, 0) is 49.4 Å². The lowest BCUT2D eigenvalue weighted by atomic mass is 10.1. The summed E-state index contributed by atoms with van der Waals surface area (Å²) >= 11 is 0. The summed E-state index contributed by atoms with van der Waals surface area (Å²) in [6, 6.07) is 11.2. The molecule has 27 heavy (non-hydrogen) atoms. The van der Waals surface area contributed by atoms with E-state index in [0.29, 0.717) is 18.7 Å². The third-order valence-corrected chi connectivity index (χ3v) is 4.84. The average Bonchev–Trinajstić information content (AvgIpc) is 2.72. The number of aliphatic hydroxyl groups is 2. The van der Waals surface area contributed by atoms with Crippen LogP contribution in [0, 0.1) is 0 Å². The molecule has 1 aliphatic heterocycles. The van der Waals surface area contributed by atoms with Crippen molar-refractivity contribution in [2.24, 2.45) is 0 Å². The Kier molecular flexibility index (Phi) is 6.79. The Labute approximate surface area is 159 Å². The number of fused-ring (bicyclic) bond motifs is 1. The van der Waals surface area contributed by atoms with Crippen LogP contribution in [-0.2, 0) is 6.42 Å². The number of carbonyl (C=O) groups excluding carboxylic acids is 1. The van der Waals surface area contributed by atoms with Gasteiger partial charge in [0.25, 0.3) is 5.91 Å². The maximum Gasteiger partial charge on any atom is 0.255 e. The summed E-state index contributed by atoms with van der Waals surface area (Å²) in [5, 5.41) is 20.5. The van der Waals surface area contributed by atoms with E-state index in [1.54, 1.807) is 29.4 Å². The van der Waals surface area contributed by atoms with E-state index in [-0.39, 0.29) is 18.9 Å². The lowest BCUT2D eigenvalue weighted by Crippen LogP contribution is -2.38. The first kappa shape index (κ1) is 19.3. The normalized spacial score (nSPS) is 21.8. The van der Waals surface area contributed by atoms with Crippen LogP contribution in [-0.4, -0.2) is 57.9 Å². The number of ether oxygens (including phenoxy) is 1. The van der Waals surface area contributed by atoms with Crippen molar-refractivity contribution in [3.05, 3.63) is 59.9 Å². The predicted octanol–water partition coefficient (Wildman–Crippen LogP) is 2.05. The molecule has 144 valence electrons. The van der Waals surface area contributed by atoms with Crippen molar-refractivity contribution >= 4 is 5.91 Å². The number of hydrogen-bond donors (Lipinski definition) is 2. The van der Waals surface area contributed by atoms with Gasteiger partial charge in [-0.2, -0.15) is 0 Å². The highest BCUT2D eigenvalue weighted by Gasteiger charge is 2.22. The van der Waals surface area contributed by atoms with Crippen molar-refractivity contribution in [3.63, 3.8) is 0 Å². The molecule has 2 aromatic rings. The maximum absolute atomic E-state index is 12.8. The first-order valence-corrected chi connectivity index (χ1v) is 9.41. The summed E-state index contributed by atoms with van der Waals surface area (Å²) in [7, 11) is 0. The van der Waals surface area contributed by atoms with Crippen LogP contribution in [0.25, 0.3) is 0 Å². The molecule has 0 fully saturated rings. The van der Waals surface area contributed by atoms with Gasteiger partial charge in [0, 0.05) is 25.5 Å². The highest BCUT2D eigenvalue weighted by molar-refractivity contribution is 5.93. The molecule has 6 nitrogen and oxygen atoms in total. The van der Waals surface area contributed by atoms with E-state index in [2.05, 4.69) is 4.98 Å².